The molecule has 15 N–H and O–H groups in total. The van der Waals surface area contributed by atoms with Gasteiger partial charge in [0.05, 0.1) is 50.7 Å². The Morgan fingerprint density at radius 3 is 1.64 bits per heavy atom. The molecule has 6 saturated heterocycles. The Morgan fingerprint density at radius 2 is 1.03 bits per heavy atom. The molecule has 10 rings (SSSR count). The summed E-state index contributed by atoms with van der Waals surface area (Å²) in [6, 6.07) is 0. The quantitative estimate of drug-likeness (QED) is 0.0640. The lowest BCUT2D eigenvalue weighted by Crippen LogP contribution is -2.68. The van der Waals surface area contributed by atoms with Crippen LogP contribution in [0.3, 0.4) is 0 Å². The van der Waals surface area contributed by atoms with E-state index in [2.05, 4.69) is 13.8 Å². The lowest BCUT2D eigenvalue weighted by molar-refractivity contribution is -0.406. The average Bonchev–Trinajstić information content (AvgIpc) is 3.96. The molecular weight excluding hydrogens is 1030 g/mol. The third kappa shape index (κ3) is 9.65. The zero-order chi connectivity index (χ0) is 55.5. The van der Waals surface area contributed by atoms with Crippen molar-refractivity contribution < 1.29 is 129 Å². The second-order valence-electron chi connectivity index (χ2n) is 24.5. The molecule has 0 bridgehead atoms. The van der Waals surface area contributed by atoms with Crippen LogP contribution in [0.25, 0.3) is 0 Å². The van der Waals surface area contributed by atoms with Crippen molar-refractivity contribution >= 4 is 5.97 Å². The van der Waals surface area contributed by atoms with Crippen molar-refractivity contribution in [2.45, 2.75) is 232 Å². The first kappa shape index (κ1) is 58.7. The van der Waals surface area contributed by atoms with Gasteiger partial charge in [0.1, 0.15) is 104 Å². The van der Waals surface area contributed by atoms with Crippen molar-refractivity contribution in [1.29, 1.82) is 0 Å². The molecule has 0 radical (unpaired) electrons. The van der Waals surface area contributed by atoms with Crippen LogP contribution in [0.15, 0.2) is 0 Å². The first-order valence-corrected chi connectivity index (χ1v) is 27.5. The van der Waals surface area contributed by atoms with Crippen LogP contribution in [-0.2, 0) is 52.2 Å². The molecular formula is C51H82O26. The lowest BCUT2D eigenvalue weighted by atomic mass is 9.44. The smallest absolute Gasteiger partial charge is 0.311 e. The molecule has 1 spiro atoms. The van der Waals surface area contributed by atoms with Crippen LogP contribution in [0.1, 0.15) is 79.1 Å². The minimum absolute atomic E-state index is 0.0787. The van der Waals surface area contributed by atoms with E-state index in [1.54, 1.807) is 6.92 Å². The Kier molecular flexibility index (Phi) is 17.0. The van der Waals surface area contributed by atoms with Gasteiger partial charge in [-0.15, -0.1) is 0 Å². The molecule has 4 aliphatic carbocycles. The zero-order valence-electron chi connectivity index (χ0n) is 43.6. The van der Waals surface area contributed by atoms with Crippen LogP contribution in [0.2, 0.25) is 0 Å². The summed E-state index contributed by atoms with van der Waals surface area (Å²) in [5.41, 5.74) is -0.475. The highest BCUT2D eigenvalue weighted by atomic mass is 16.8. The summed E-state index contributed by atoms with van der Waals surface area (Å²) in [6.07, 6.45) is -33.9. The minimum atomic E-state index is -2.06. The van der Waals surface area contributed by atoms with E-state index < -0.39 is 191 Å². The summed E-state index contributed by atoms with van der Waals surface area (Å²) in [7, 11) is 0. The molecule has 0 unspecified atom stereocenters. The number of rotatable bonds is 12. The fraction of sp³-hybridized carbons (Fsp3) is 0.980. The van der Waals surface area contributed by atoms with E-state index in [0.717, 1.165) is 32.1 Å². The molecule has 6 heterocycles. The van der Waals surface area contributed by atoms with Gasteiger partial charge in [0.25, 0.3) is 0 Å². The third-order valence-corrected chi connectivity index (χ3v) is 20.4. The van der Waals surface area contributed by atoms with Gasteiger partial charge < -0.3 is 124 Å². The fourth-order valence-electron chi connectivity index (χ4n) is 16.2. The SMILES string of the molecule is C[C@@H]1C[C@H](O)[C@@]2(OC1=O)O[C@H]1[C@H](O)[C@H]3[C@@H]4CC[C@H]5C[C@@H](O[C@@H]6O[C@H](CO)[C@H](O[C@@H]7O[C@H](CO)[C@@H](O)[C@H](O[C@@H]8O[C@H](CO)[C@@H](O)[C@H](O)[C@H]8O)[C@H]7O[C@@H]7O[C@H](CO)[C@@H](O)[C@H](O)[C@H]7O)[C@H](O)[C@H]6O)CC[C@@]5(C)[C@@H]4CC[C@@]3(C)[C@H]1[C@@H]2C. The summed E-state index contributed by atoms with van der Waals surface area (Å²) >= 11 is 0. The molecule has 34 atom stereocenters. The zero-order valence-corrected chi connectivity index (χ0v) is 43.6. The molecule has 0 aromatic heterocycles. The standard InChI is InChI=1S/C51H82O26/c1-17-11-27(56)51(77-44(17)67)18(2)28-41(76-51)33(60)29-21-6-5-19-12-20(7-9-49(19,3)22(21)8-10-50(28,29)4)68-45-39(66)36(63)40(26(16-55)72-45)73-48-43(75-47-38(65)35(62)31(58)24(14-53)70-47)42(32(59)25(15-54)71-48)74-46-37(64)34(61)30(57)23(13-52)69-46/h17-43,45-48,52-66H,5-16H2,1-4H3/t17-,18+,19+,20+,21-,22-,23-,24-,25-,26-,27+,28+,29-,30-,31-,32-,33-,34+,35+,36-,37-,38-,39-,40+,41-,42+,43-,45-,46+,47+,48+,49-,50+,51-/m1/s1. The first-order chi connectivity index (χ1) is 36.5. The number of fused-ring (bicyclic) bond motifs is 7. The second-order valence-corrected chi connectivity index (χ2v) is 24.5. The van der Waals surface area contributed by atoms with E-state index in [0.29, 0.717) is 12.8 Å². The Morgan fingerprint density at radius 1 is 0.506 bits per heavy atom. The van der Waals surface area contributed by atoms with Gasteiger partial charge in [-0.3, -0.25) is 4.79 Å². The van der Waals surface area contributed by atoms with E-state index in [9.17, 15) is 81.4 Å². The maximum atomic E-state index is 12.9. The van der Waals surface area contributed by atoms with Crippen LogP contribution in [0, 0.1) is 52.3 Å². The van der Waals surface area contributed by atoms with Gasteiger partial charge in [0.15, 0.2) is 25.2 Å². The molecule has 10 fully saturated rings. The van der Waals surface area contributed by atoms with Crippen LogP contribution in [-0.4, -0.2) is 262 Å². The minimum Gasteiger partial charge on any atom is -0.430 e. The number of aliphatic hydroxyl groups excluding tert-OH is 15. The highest BCUT2D eigenvalue weighted by molar-refractivity contribution is 5.73. The van der Waals surface area contributed by atoms with Crippen LogP contribution in [0.4, 0.5) is 0 Å². The van der Waals surface area contributed by atoms with Crippen molar-refractivity contribution in [3.63, 3.8) is 0 Å². The summed E-state index contributed by atoms with van der Waals surface area (Å²) < 4.78 is 60.3. The number of hydrogen-bond donors (Lipinski definition) is 15. The van der Waals surface area contributed by atoms with Crippen molar-refractivity contribution in [3.8, 4) is 0 Å². The first-order valence-electron chi connectivity index (χ1n) is 27.5. The molecule has 26 heteroatoms. The second kappa shape index (κ2) is 22.3. The van der Waals surface area contributed by atoms with Crippen LogP contribution < -0.4 is 0 Å². The van der Waals surface area contributed by atoms with Crippen LogP contribution in [0.5, 0.6) is 0 Å². The fourth-order valence-corrected chi connectivity index (χ4v) is 16.2. The maximum Gasteiger partial charge on any atom is 0.311 e. The monoisotopic (exact) mass is 1110 g/mol. The normalized spacial score (nSPS) is 57.7. The summed E-state index contributed by atoms with van der Waals surface area (Å²) in [4.78, 5) is 12.9. The largest absolute Gasteiger partial charge is 0.430 e. The van der Waals surface area contributed by atoms with Gasteiger partial charge in [0, 0.05) is 11.8 Å². The van der Waals surface area contributed by atoms with Crippen LogP contribution >= 0.6 is 0 Å². The van der Waals surface area contributed by atoms with Crippen molar-refractivity contribution in [2.24, 2.45) is 52.3 Å². The lowest BCUT2D eigenvalue weighted by Gasteiger charge is -2.61. The molecule has 0 aromatic rings. The van der Waals surface area contributed by atoms with E-state index >= 15 is 0 Å². The van der Waals surface area contributed by atoms with Gasteiger partial charge in [-0.25, -0.2) is 0 Å². The highest BCUT2D eigenvalue weighted by Crippen LogP contribution is 2.71. The van der Waals surface area contributed by atoms with E-state index in [4.69, 9.17) is 47.4 Å². The van der Waals surface area contributed by atoms with E-state index in [1.807, 2.05) is 6.92 Å². The molecule has 77 heavy (non-hydrogen) atoms. The molecule has 10 aliphatic rings. The summed E-state index contributed by atoms with van der Waals surface area (Å²) in [6.45, 7) is 4.70. The van der Waals surface area contributed by atoms with Gasteiger partial charge >= 0.3 is 5.97 Å². The summed E-state index contributed by atoms with van der Waals surface area (Å²) in [5.74, 6) is -2.31. The number of carbonyl (C=O) groups excluding carboxylic acids is 1. The summed E-state index contributed by atoms with van der Waals surface area (Å²) in [5, 5.41) is 164. The van der Waals surface area contributed by atoms with E-state index in [1.165, 1.54) is 0 Å². The van der Waals surface area contributed by atoms with Gasteiger partial charge in [0.2, 0.25) is 5.79 Å². The predicted molar refractivity (Wildman–Crippen MR) is 251 cm³/mol. The van der Waals surface area contributed by atoms with Gasteiger partial charge in [-0.2, -0.15) is 0 Å². The number of carbonyl (C=O) groups is 1. The predicted octanol–water partition coefficient (Wildman–Crippen LogP) is -5.44. The van der Waals surface area contributed by atoms with Crippen molar-refractivity contribution in [2.75, 3.05) is 26.4 Å². The van der Waals surface area contributed by atoms with Crippen molar-refractivity contribution in [1.82, 2.24) is 0 Å². The Labute approximate surface area is 444 Å². The van der Waals surface area contributed by atoms with Crippen molar-refractivity contribution in [3.05, 3.63) is 0 Å². The number of aliphatic hydroxyl groups is 15. The topological polar surface area (TPSA) is 413 Å². The van der Waals surface area contributed by atoms with Gasteiger partial charge in [-0.1, -0.05) is 27.7 Å². The number of ether oxygens (including phenoxy) is 10. The third-order valence-electron chi connectivity index (χ3n) is 20.4. The molecule has 26 nitrogen and oxygen atoms in total. The molecule has 442 valence electrons. The van der Waals surface area contributed by atoms with Gasteiger partial charge in [-0.05, 0) is 85.9 Å². The highest BCUT2D eigenvalue weighted by Gasteiger charge is 2.75. The molecule has 6 aliphatic heterocycles. The molecule has 0 amide bonds. The van der Waals surface area contributed by atoms with E-state index in [-0.39, 0.29) is 52.8 Å². The maximum absolute atomic E-state index is 12.9. The molecule has 0 aromatic carbocycles. The Bertz CT molecular complexity index is 2040. The number of esters is 1. The average molecular weight is 1110 g/mol. The Balaban J connectivity index is 0.825. The number of hydrogen-bond acceptors (Lipinski definition) is 26. The Hall–Kier alpha value is -1.49. The molecule has 4 saturated carbocycles.